The molecule has 2 aromatic heterocycles. The first kappa shape index (κ1) is 25.4. The molecule has 4 rings (SSSR count). The molecule has 0 radical (unpaired) electrons. The Morgan fingerprint density at radius 3 is 2.40 bits per heavy atom. The lowest BCUT2D eigenvalue weighted by Gasteiger charge is -2.42. The molecular weight excluding hydrogens is 468 g/mol. The van der Waals surface area contributed by atoms with Crippen molar-refractivity contribution >= 4 is 21.9 Å². The zero-order chi connectivity index (χ0) is 25.5. The topological polar surface area (TPSA) is 181 Å². The highest BCUT2D eigenvalue weighted by atomic mass is 16.7. The predicted octanol–water partition coefficient (Wildman–Crippen LogP) is -0.117. The minimum Gasteiger partial charge on any atom is -0.495 e. The minimum absolute atomic E-state index is 0.0548. The molecular formula is C23H28O12. The van der Waals surface area contributed by atoms with Gasteiger partial charge in [-0.1, -0.05) is 0 Å². The second-order valence-corrected chi connectivity index (χ2v) is 8.81. The number of hydrogen-bond acceptors (Lipinski definition) is 12. The monoisotopic (exact) mass is 496 g/mol. The maximum Gasteiger partial charge on any atom is 0.336 e. The normalized spacial score (nSPS) is 26.2. The van der Waals surface area contributed by atoms with Crippen LogP contribution in [0, 0.1) is 0 Å². The number of methoxy groups -OCH3 is 1. The van der Waals surface area contributed by atoms with E-state index in [9.17, 15) is 30.3 Å². The molecule has 0 bridgehead atoms. The van der Waals surface area contributed by atoms with Crippen molar-refractivity contribution in [1.29, 1.82) is 0 Å². The fourth-order valence-corrected chi connectivity index (χ4v) is 3.94. The number of aliphatic hydroxyl groups is 5. The molecule has 12 nitrogen and oxygen atoms in total. The number of hydrogen-bond donors (Lipinski definition) is 5. The third kappa shape index (κ3) is 4.74. The van der Waals surface area contributed by atoms with Crippen LogP contribution in [0.3, 0.4) is 0 Å². The van der Waals surface area contributed by atoms with Crippen LogP contribution in [-0.4, -0.2) is 88.3 Å². The average Bonchev–Trinajstić information content (AvgIpc) is 3.29. The number of benzene rings is 1. The van der Waals surface area contributed by atoms with Gasteiger partial charge in [-0.2, -0.15) is 0 Å². The molecule has 1 aliphatic heterocycles. The van der Waals surface area contributed by atoms with E-state index >= 15 is 0 Å². The number of aliphatic hydroxyl groups excluding tert-OH is 4. The van der Waals surface area contributed by atoms with Crippen LogP contribution in [0.2, 0.25) is 0 Å². The molecule has 6 atom stereocenters. The Morgan fingerprint density at radius 2 is 1.74 bits per heavy atom. The van der Waals surface area contributed by atoms with E-state index in [-0.39, 0.29) is 23.5 Å². The molecule has 0 aliphatic carbocycles. The Hall–Kier alpha value is -2.71. The number of fused-ring (bicyclic) bond motifs is 2. The van der Waals surface area contributed by atoms with E-state index in [1.54, 1.807) is 6.07 Å². The Labute approximate surface area is 198 Å². The van der Waals surface area contributed by atoms with E-state index < -0.39 is 54.6 Å². The molecule has 1 aromatic carbocycles. The molecule has 1 fully saturated rings. The molecule has 0 spiro atoms. The van der Waals surface area contributed by atoms with Crippen LogP contribution < -0.4 is 15.1 Å². The van der Waals surface area contributed by atoms with Gasteiger partial charge in [0.25, 0.3) is 0 Å². The maximum atomic E-state index is 12.0. The standard InChI is InChI=1S/C23H28O12/c1-23(2,29)13(34-22-17(28)16(27)15(26)12(8-24)33-22)9-32-21-19-11(6-7-31-19)18(30-3)10-4-5-14(25)35-20(10)21/h4-7,12-13,15-17,22,24,26-29H,8-9H2,1-3H3/t12-,13?,15-,16+,17-,22+/m1/s1. The summed E-state index contributed by atoms with van der Waals surface area (Å²) < 4.78 is 33.5. The van der Waals surface area contributed by atoms with Crippen LogP contribution in [-0.2, 0) is 9.47 Å². The molecule has 1 unspecified atom stereocenters. The van der Waals surface area contributed by atoms with Crippen LogP contribution in [0.15, 0.2) is 38.1 Å². The van der Waals surface area contributed by atoms with Gasteiger partial charge in [-0.05, 0) is 26.0 Å². The van der Waals surface area contributed by atoms with Gasteiger partial charge in [-0.15, -0.1) is 0 Å². The Bertz CT molecular complexity index is 1220. The lowest BCUT2D eigenvalue weighted by molar-refractivity contribution is -0.323. The summed E-state index contributed by atoms with van der Waals surface area (Å²) in [5.41, 5.74) is -1.90. The second-order valence-electron chi connectivity index (χ2n) is 8.81. The van der Waals surface area contributed by atoms with Crippen molar-refractivity contribution in [3.63, 3.8) is 0 Å². The van der Waals surface area contributed by atoms with E-state index in [1.807, 2.05) is 0 Å². The quantitative estimate of drug-likeness (QED) is 0.261. The van der Waals surface area contributed by atoms with Crippen LogP contribution in [0.25, 0.3) is 21.9 Å². The van der Waals surface area contributed by atoms with Gasteiger partial charge < -0.3 is 53.3 Å². The van der Waals surface area contributed by atoms with Crippen LogP contribution in [0.5, 0.6) is 11.5 Å². The van der Waals surface area contributed by atoms with Gasteiger partial charge in [0.05, 0.1) is 36.4 Å². The van der Waals surface area contributed by atoms with Gasteiger partial charge in [0.2, 0.25) is 5.75 Å². The predicted molar refractivity (Wildman–Crippen MR) is 119 cm³/mol. The molecule has 0 saturated carbocycles. The van der Waals surface area contributed by atoms with Gasteiger partial charge in [-0.25, -0.2) is 4.79 Å². The second kappa shape index (κ2) is 9.74. The van der Waals surface area contributed by atoms with E-state index in [0.29, 0.717) is 16.5 Å². The lowest BCUT2D eigenvalue weighted by Crippen LogP contribution is -2.61. The summed E-state index contributed by atoms with van der Waals surface area (Å²) in [6, 6.07) is 4.42. The maximum absolute atomic E-state index is 12.0. The Kier molecular flexibility index (Phi) is 7.06. The fourth-order valence-electron chi connectivity index (χ4n) is 3.94. The number of rotatable bonds is 8. The Morgan fingerprint density at radius 1 is 1.03 bits per heavy atom. The van der Waals surface area contributed by atoms with Crippen molar-refractivity contribution in [3.05, 3.63) is 34.9 Å². The van der Waals surface area contributed by atoms with Gasteiger partial charge >= 0.3 is 5.63 Å². The van der Waals surface area contributed by atoms with Crippen molar-refractivity contribution in [2.45, 2.75) is 56.3 Å². The van der Waals surface area contributed by atoms with Crippen molar-refractivity contribution in [1.82, 2.24) is 0 Å². The first-order valence-electron chi connectivity index (χ1n) is 10.9. The van der Waals surface area contributed by atoms with Crippen LogP contribution >= 0.6 is 0 Å². The first-order valence-corrected chi connectivity index (χ1v) is 10.9. The average molecular weight is 496 g/mol. The zero-order valence-electron chi connectivity index (χ0n) is 19.3. The van der Waals surface area contributed by atoms with Gasteiger partial charge in [-0.3, -0.25) is 0 Å². The molecule has 192 valence electrons. The van der Waals surface area contributed by atoms with Crippen molar-refractivity contribution in [2.24, 2.45) is 0 Å². The van der Waals surface area contributed by atoms with E-state index in [0.717, 1.165) is 0 Å². The Balaban J connectivity index is 1.67. The SMILES string of the molecule is COc1c2ccoc2c(OCC(O[C@@H]2O[C@H](CO)[C@@H](O)[C@H](O)[C@H]2O)C(C)(C)O)c2oc(=O)ccc12. The third-order valence-electron chi connectivity index (χ3n) is 5.92. The summed E-state index contributed by atoms with van der Waals surface area (Å²) in [4.78, 5) is 12.0. The van der Waals surface area contributed by atoms with Crippen LogP contribution in [0.1, 0.15) is 13.8 Å². The molecule has 0 amide bonds. The van der Waals surface area contributed by atoms with E-state index in [4.69, 9.17) is 27.8 Å². The van der Waals surface area contributed by atoms with Gasteiger partial charge in [0.15, 0.2) is 17.5 Å². The smallest absolute Gasteiger partial charge is 0.336 e. The number of furan rings is 1. The van der Waals surface area contributed by atoms with Crippen molar-refractivity contribution in [3.8, 4) is 11.5 Å². The summed E-state index contributed by atoms with van der Waals surface area (Å²) in [5.74, 6) is 0.474. The minimum atomic E-state index is -1.67. The molecule has 1 saturated heterocycles. The molecule has 3 aromatic rings. The highest BCUT2D eigenvalue weighted by Crippen LogP contribution is 2.43. The molecule has 5 N–H and O–H groups in total. The summed E-state index contributed by atoms with van der Waals surface area (Å²) >= 11 is 0. The highest BCUT2D eigenvalue weighted by molar-refractivity contribution is 6.06. The summed E-state index contributed by atoms with van der Waals surface area (Å²) in [5, 5.41) is 51.5. The third-order valence-corrected chi connectivity index (χ3v) is 5.92. The summed E-state index contributed by atoms with van der Waals surface area (Å²) in [7, 11) is 1.46. The summed E-state index contributed by atoms with van der Waals surface area (Å²) in [6.45, 7) is 1.88. The molecule has 35 heavy (non-hydrogen) atoms. The summed E-state index contributed by atoms with van der Waals surface area (Å²) in [6.07, 6.45) is -7.33. The van der Waals surface area contributed by atoms with Crippen LogP contribution in [0.4, 0.5) is 0 Å². The molecule has 1 aliphatic rings. The zero-order valence-corrected chi connectivity index (χ0v) is 19.3. The fraction of sp³-hybridized carbons (Fsp3) is 0.522. The van der Waals surface area contributed by atoms with E-state index in [2.05, 4.69) is 0 Å². The highest BCUT2D eigenvalue weighted by Gasteiger charge is 2.46. The van der Waals surface area contributed by atoms with Crippen molar-refractivity contribution < 1.29 is 53.3 Å². The van der Waals surface area contributed by atoms with E-state index in [1.165, 1.54) is 39.4 Å². The lowest BCUT2D eigenvalue weighted by atomic mass is 9.98. The molecule has 3 heterocycles. The largest absolute Gasteiger partial charge is 0.495 e. The number of ether oxygens (including phenoxy) is 4. The van der Waals surface area contributed by atoms with Crippen molar-refractivity contribution in [2.75, 3.05) is 20.3 Å². The first-order chi connectivity index (χ1) is 16.6. The molecule has 12 heteroatoms. The van der Waals surface area contributed by atoms with Gasteiger partial charge in [0, 0.05) is 6.07 Å². The van der Waals surface area contributed by atoms with Gasteiger partial charge in [0.1, 0.15) is 42.9 Å².